The van der Waals surface area contributed by atoms with Gasteiger partial charge in [-0.2, -0.15) is 0 Å². The molecule has 27 heavy (non-hydrogen) atoms. The fourth-order valence-electron chi connectivity index (χ4n) is 3.96. The van der Waals surface area contributed by atoms with Crippen LogP contribution < -0.4 is 4.90 Å². The van der Waals surface area contributed by atoms with Crippen molar-refractivity contribution >= 4 is 11.9 Å². The summed E-state index contributed by atoms with van der Waals surface area (Å²) >= 11 is 0. The summed E-state index contributed by atoms with van der Waals surface area (Å²) in [5, 5.41) is 8.85. The second kappa shape index (κ2) is 6.83. The molecular formula is C21H26N4O2. The number of carbonyl (C=O) groups excluding carboxylic acids is 1. The van der Waals surface area contributed by atoms with Crippen molar-refractivity contribution in [2.75, 3.05) is 18.0 Å². The lowest BCUT2D eigenvalue weighted by Crippen LogP contribution is -2.57. The van der Waals surface area contributed by atoms with Gasteiger partial charge in [-0.25, -0.2) is 4.79 Å². The summed E-state index contributed by atoms with van der Waals surface area (Å²) in [6.07, 6.45) is 1.83. The number of fused-ring (bicyclic) bond motifs is 2. The molecule has 2 unspecified atom stereocenters. The minimum absolute atomic E-state index is 0.175. The molecule has 6 nitrogen and oxygen atoms in total. The van der Waals surface area contributed by atoms with Gasteiger partial charge >= 0.3 is 6.09 Å². The maximum absolute atomic E-state index is 12.6. The summed E-state index contributed by atoms with van der Waals surface area (Å²) in [4.78, 5) is 16.8. The molecule has 1 amide bonds. The van der Waals surface area contributed by atoms with Crippen LogP contribution in [0, 0.1) is 0 Å². The zero-order valence-corrected chi connectivity index (χ0v) is 16.1. The second-order valence-electron chi connectivity index (χ2n) is 8.32. The van der Waals surface area contributed by atoms with E-state index in [1.54, 1.807) is 0 Å². The van der Waals surface area contributed by atoms with Crippen LogP contribution in [0.4, 0.5) is 10.6 Å². The normalized spacial score (nSPS) is 22.0. The minimum atomic E-state index is -0.466. The lowest BCUT2D eigenvalue weighted by Gasteiger charge is -2.41. The van der Waals surface area contributed by atoms with Crippen LogP contribution >= 0.6 is 0 Å². The van der Waals surface area contributed by atoms with Gasteiger partial charge in [0.1, 0.15) is 5.60 Å². The van der Waals surface area contributed by atoms with E-state index in [2.05, 4.69) is 15.1 Å². The van der Waals surface area contributed by atoms with E-state index in [9.17, 15) is 4.79 Å². The molecule has 0 aliphatic carbocycles. The van der Waals surface area contributed by atoms with Crippen molar-refractivity contribution in [2.24, 2.45) is 0 Å². The number of carbonyl (C=O) groups is 1. The molecule has 2 aromatic rings. The predicted molar refractivity (Wildman–Crippen MR) is 105 cm³/mol. The van der Waals surface area contributed by atoms with Gasteiger partial charge in [0.2, 0.25) is 0 Å². The highest BCUT2D eigenvalue weighted by atomic mass is 16.6. The van der Waals surface area contributed by atoms with Crippen molar-refractivity contribution in [3.63, 3.8) is 0 Å². The first-order valence-electron chi connectivity index (χ1n) is 9.56. The van der Waals surface area contributed by atoms with Crippen LogP contribution in [0.1, 0.15) is 33.6 Å². The van der Waals surface area contributed by atoms with Crippen molar-refractivity contribution in [1.82, 2.24) is 15.1 Å². The van der Waals surface area contributed by atoms with Gasteiger partial charge in [0.15, 0.2) is 5.82 Å². The number of anilines is 1. The van der Waals surface area contributed by atoms with E-state index < -0.39 is 5.60 Å². The van der Waals surface area contributed by atoms with Gasteiger partial charge in [0, 0.05) is 18.7 Å². The maximum atomic E-state index is 12.6. The molecule has 2 saturated heterocycles. The first-order valence-corrected chi connectivity index (χ1v) is 9.56. The van der Waals surface area contributed by atoms with E-state index in [-0.39, 0.29) is 18.2 Å². The summed E-state index contributed by atoms with van der Waals surface area (Å²) < 4.78 is 5.60. The Morgan fingerprint density at radius 2 is 1.67 bits per heavy atom. The smallest absolute Gasteiger partial charge is 0.410 e. The summed E-state index contributed by atoms with van der Waals surface area (Å²) in [7, 11) is 0. The maximum Gasteiger partial charge on any atom is 0.410 e. The molecule has 0 radical (unpaired) electrons. The molecule has 0 spiro atoms. The number of aromatic nitrogens is 2. The molecule has 6 heteroatoms. The lowest BCUT2D eigenvalue weighted by molar-refractivity contribution is 0.0122. The Hall–Kier alpha value is -2.63. The van der Waals surface area contributed by atoms with E-state index in [0.717, 1.165) is 43.0 Å². The molecule has 2 fully saturated rings. The van der Waals surface area contributed by atoms with Crippen LogP contribution in [0.25, 0.3) is 11.3 Å². The summed E-state index contributed by atoms with van der Waals surface area (Å²) in [5.41, 5.74) is 1.47. The van der Waals surface area contributed by atoms with Crippen molar-refractivity contribution in [3.8, 4) is 11.3 Å². The SMILES string of the molecule is CC(C)(C)OC(=O)N1C2CCC1CN(c1ccc(-c3ccccc3)nn1)C2. The van der Waals surface area contributed by atoms with E-state index in [0.29, 0.717) is 0 Å². The standard InChI is InChI=1S/C21H26N4O2/c1-21(2,3)27-20(26)25-16-9-10-17(25)14-24(13-16)19-12-11-18(22-23-19)15-7-5-4-6-8-15/h4-8,11-12,16-17H,9-10,13-14H2,1-3H3. The van der Waals surface area contributed by atoms with Gasteiger partial charge in [-0.1, -0.05) is 30.3 Å². The van der Waals surface area contributed by atoms with E-state index in [1.807, 2.05) is 68.1 Å². The highest BCUT2D eigenvalue weighted by Gasteiger charge is 2.44. The van der Waals surface area contributed by atoms with Crippen LogP contribution in [-0.4, -0.2) is 52.0 Å². The first kappa shape index (κ1) is 17.8. The predicted octanol–water partition coefficient (Wildman–Crippen LogP) is 3.73. The van der Waals surface area contributed by atoms with Crippen LogP contribution in [0.3, 0.4) is 0 Å². The topological polar surface area (TPSA) is 58.6 Å². The quantitative estimate of drug-likeness (QED) is 0.810. The highest BCUT2D eigenvalue weighted by Crippen LogP contribution is 2.33. The molecule has 1 aromatic heterocycles. The van der Waals surface area contributed by atoms with Crippen molar-refractivity contribution in [1.29, 1.82) is 0 Å². The molecule has 4 rings (SSSR count). The summed E-state index contributed by atoms with van der Waals surface area (Å²) in [5.74, 6) is 0.871. The Labute approximate surface area is 160 Å². The molecule has 0 saturated carbocycles. The molecule has 3 heterocycles. The number of amides is 1. The first-order chi connectivity index (χ1) is 12.9. The number of hydrogen-bond donors (Lipinski definition) is 0. The largest absolute Gasteiger partial charge is 0.444 e. The van der Waals surface area contributed by atoms with Gasteiger partial charge in [0.25, 0.3) is 0 Å². The zero-order valence-electron chi connectivity index (χ0n) is 16.1. The number of benzene rings is 1. The van der Waals surface area contributed by atoms with Crippen molar-refractivity contribution in [3.05, 3.63) is 42.5 Å². The van der Waals surface area contributed by atoms with Crippen LogP contribution in [0.5, 0.6) is 0 Å². The Bertz CT molecular complexity index is 787. The van der Waals surface area contributed by atoms with Gasteiger partial charge in [-0.15, -0.1) is 10.2 Å². The molecule has 2 aliphatic rings. The van der Waals surface area contributed by atoms with Crippen molar-refractivity contribution < 1.29 is 9.53 Å². The molecule has 2 bridgehead atoms. The summed E-state index contributed by atoms with van der Waals surface area (Å²) in [6.45, 7) is 7.27. The van der Waals surface area contributed by atoms with E-state index >= 15 is 0 Å². The monoisotopic (exact) mass is 366 g/mol. The zero-order chi connectivity index (χ0) is 19.0. The number of ether oxygens (including phenoxy) is 1. The third-order valence-corrected chi connectivity index (χ3v) is 5.13. The average Bonchev–Trinajstić information content (AvgIpc) is 2.91. The Balaban J connectivity index is 1.46. The molecule has 1 aromatic carbocycles. The van der Waals surface area contributed by atoms with E-state index in [4.69, 9.17) is 4.74 Å². The minimum Gasteiger partial charge on any atom is -0.444 e. The fraction of sp³-hybridized carbons (Fsp3) is 0.476. The number of hydrogen-bond acceptors (Lipinski definition) is 5. The Morgan fingerprint density at radius 3 is 2.22 bits per heavy atom. The molecule has 2 atom stereocenters. The third kappa shape index (κ3) is 3.75. The fourth-order valence-corrected chi connectivity index (χ4v) is 3.96. The van der Waals surface area contributed by atoms with E-state index in [1.165, 1.54) is 0 Å². The molecule has 142 valence electrons. The number of nitrogens with zero attached hydrogens (tertiary/aromatic N) is 4. The van der Waals surface area contributed by atoms with Gasteiger partial charge in [0.05, 0.1) is 17.8 Å². The van der Waals surface area contributed by atoms with Gasteiger partial charge < -0.3 is 9.64 Å². The number of rotatable bonds is 2. The van der Waals surface area contributed by atoms with Gasteiger partial charge in [-0.3, -0.25) is 4.90 Å². The highest BCUT2D eigenvalue weighted by molar-refractivity contribution is 5.70. The lowest BCUT2D eigenvalue weighted by atomic mass is 10.1. The summed E-state index contributed by atoms with van der Waals surface area (Å²) in [6, 6.07) is 14.4. The number of piperazine rings is 1. The second-order valence-corrected chi connectivity index (χ2v) is 8.32. The Morgan fingerprint density at radius 1 is 1.00 bits per heavy atom. The molecular weight excluding hydrogens is 340 g/mol. The van der Waals surface area contributed by atoms with Crippen molar-refractivity contribution in [2.45, 2.75) is 51.3 Å². The average molecular weight is 366 g/mol. The molecule has 0 N–H and O–H groups in total. The van der Waals surface area contributed by atoms with Crippen LogP contribution in [0.15, 0.2) is 42.5 Å². The van der Waals surface area contributed by atoms with Gasteiger partial charge in [-0.05, 0) is 45.7 Å². The Kier molecular flexibility index (Phi) is 4.50. The van der Waals surface area contributed by atoms with Crippen LogP contribution in [-0.2, 0) is 4.74 Å². The third-order valence-electron chi connectivity index (χ3n) is 5.13. The van der Waals surface area contributed by atoms with Crippen LogP contribution in [0.2, 0.25) is 0 Å². The molecule has 2 aliphatic heterocycles.